The molecule has 0 saturated heterocycles. The lowest BCUT2D eigenvalue weighted by atomic mass is 10.4. The molecular weight excluding hydrogens is 120 g/mol. The van der Waals surface area contributed by atoms with Crippen LogP contribution in [0.5, 0.6) is 0 Å². The van der Waals surface area contributed by atoms with Gasteiger partial charge in [0.05, 0.1) is 6.10 Å². The van der Waals surface area contributed by atoms with Gasteiger partial charge in [0, 0.05) is 0 Å². The van der Waals surface area contributed by atoms with Gasteiger partial charge in [-0.15, -0.1) is 0 Å². The molecule has 0 bridgehead atoms. The first kappa shape index (κ1) is 6.55. The first-order chi connectivity index (χ1) is 4.20. The van der Waals surface area contributed by atoms with E-state index in [-0.39, 0.29) is 6.10 Å². The topological polar surface area (TPSA) is 46.5 Å². The molecule has 0 aromatic rings. The highest BCUT2D eigenvalue weighted by Gasteiger charge is 2.26. The van der Waals surface area contributed by atoms with E-state index in [9.17, 15) is 4.79 Å². The van der Waals surface area contributed by atoms with Crippen molar-refractivity contribution in [3.8, 4) is 0 Å². The number of rotatable bonds is 3. The predicted octanol–water partition coefficient (Wildman–Crippen LogP) is 0.639. The van der Waals surface area contributed by atoms with Gasteiger partial charge in [0.2, 0.25) is 0 Å². The summed E-state index contributed by atoms with van der Waals surface area (Å²) in [7, 11) is 0. The van der Waals surface area contributed by atoms with Crippen LogP contribution in [0.3, 0.4) is 0 Å². The van der Waals surface area contributed by atoms with Crippen LogP contribution < -0.4 is 0 Å². The molecule has 0 aromatic carbocycles. The van der Waals surface area contributed by atoms with Crippen molar-refractivity contribution in [2.75, 3.05) is 0 Å². The normalized spacial score (nSPS) is 21.4. The first-order valence-electron chi connectivity index (χ1n) is 3.08. The summed E-state index contributed by atoms with van der Waals surface area (Å²) in [4.78, 5) is 10.1. The van der Waals surface area contributed by atoms with Crippen molar-refractivity contribution in [2.24, 2.45) is 0 Å². The Kier molecular flexibility index (Phi) is 1.71. The fraction of sp³-hybridized carbons (Fsp3) is 0.833. The Balaban J connectivity index is 2.16. The Hall–Kier alpha value is -0.570. The molecule has 3 heteroatoms. The highest BCUT2D eigenvalue weighted by Crippen LogP contribution is 2.24. The van der Waals surface area contributed by atoms with Crippen LogP contribution in [0.15, 0.2) is 0 Å². The number of hydrogen-bond acceptors (Lipinski definition) is 2. The number of aliphatic carboxylic acids is 1. The molecule has 0 radical (unpaired) electrons. The lowest BCUT2D eigenvalue weighted by molar-refractivity contribution is -0.149. The van der Waals surface area contributed by atoms with Crippen LogP contribution >= 0.6 is 0 Å². The third-order valence-electron chi connectivity index (χ3n) is 1.27. The summed E-state index contributed by atoms with van der Waals surface area (Å²) in [6.07, 6.45) is 1.66. The molecule has 0 aromatic heterocycles. The Labute approximate surface area is 53.6 Å². The smallest absolute Gasteiger partial charge is 0.332 e. The van der Waals surface area contributed by atoms with E-state index in [0.29, 0.717) is 0 Å². The lowest BCUT2D eigenvalue weighted by Gasteiger charge is -2.04. The first-order valence-corrected chi connectivity index (χ1v) is 3.08. The highest BCUT2D eigenvalue weighted by atomic mass is 16.5. The van der Waals surface area contributed by atoms with Crippen LogP contribution in [0.4, 0.5) is 0 Å². The molecule has 1 aliphatic carbocycles. The number of ether oxygens (including phenoxy) is 1. The molecule has 0 aliphatic heterocycles. The second-order valence-corrected chi connectivity index (χ2v) is 2.32. The monoisotopic (exact) mass is 130 g/mol. The van der Waals surface area contributed by atoms with E-state index < -0.39 is 12.1 Å². The largest absolute Gasteiger partial charge is 0.479 e. The van der Waals surface area contributed by atoms with E-state index >= 15 is 0 Å². The molecular formula is C6H10O3. The van der Waals surface area contributed by atoms with E-state index in [2.05, 4.69) is 0 Å². The van der Waals surface area contributed by atoms with E-state index in [0.717, 1.165) is 12.8 Å². The molecule has 1 atom stereocenters. The van der Waals surface area contributed by atoms with E-state index in [1.165, 1.54) is 0 Å². The molecule has 52 valence electrons. The molecule has 9 heavy (non-hydrogen) atoms. The van der Waals surface area contributed by atoms with Gasteiger partial charge in [-0.05, 0) is 19.8 Å². The van der Waals surface area contributed by atoms with Crippen LogP contribution in [0.25, 0.3) is 0 Å². The summed E-state index contributed by atoms with van der Waals surface area (Å²) < 4.78 is 5.02. The maximum atomic E-state index is 10.1. The predicted molar refractivity (Wildman–Crippen MR) is 31.2 cm³/mol. The van der Waals surface area contributed by atoms with Crippen molar-refractivity contribution in [1.29, 1.82) is 0 Å². The van der Waals surface area contributed by atoms with E-state index in [4.69, 9.17) is 9.84 Å². The summed E-state index contributed by atoms with van der Waals surface area (Å²) in [6.45, 7) is 1.56. The Morgan fingerprint density at radius 1 is 1.78 bits per heavy atom. The van der Waals surface area contributed by atoms with Crippen molar-refractivity contribution in [1.82, 2.24) is 0 Å². The van der Waals surface area contributed by atoms with Gasteiger partial charge in [-0.1, -0.05) is 0 Å². The molecule has 1 rings (SSSR count). The maximum Gasteiger partial charge on any atom is 0.332 e. The average molecular weight is 130 g/mol. The Bertz CT molecular complexity index is 117. The van der Waals surface area contributed by atoms with Crippen molar-refractivity contribution < 1.29 is 14.6 Å². The highest BCUT2D eigenvalue weighted by molar-refractivity contribution is 5.71. The van der Waals surface area contributed by atoms with Crippen LogP contribution in [-0.2, 0) is 9.53 Å². The summed E-state index contributed by atoms with van der Waals surface area (Å²) in [5.74, 6) is -0.873. The molecule has 1 fully saturated rings. The molecule has 0 spiro atoms. The fourth-order valence-electron chi connectivity index (χ4n) is 0.551. The molecule has 1 N–H and O–H groups in total. The van der Waals surface area contributed by atoms with Gasteiger partial charge in [-0.2, -0.15) is 0 Å². The average Bonchev–Trinajstić information content (AvgIpc) is 2.50. The standard InChI is InChI=1S/C6H10O3/c1-4(6(7)8)9-5-2-3-5/h4-5H,2-3H2,1H3,(H,7,8)/t4-/m1/s1. The zero-order valence-electron chi connectivity index (χ0n) is 5.33. The fourth-order valence-corrected chi connectivity index (χ4v) is 0.551. The van der Waals surface area contributed by atoms with Crippen LogP contribution in [0, 0.1) is 0 Å². The van der Waals surface area contributed by atoms with Crippen LogP contribution in [0.1, 0.15) is 19.8 Å². The van der Waals surface area contributed by atoms with Gasteiger partial charge in [-0.3, -0.25) is 0 Å². The number of carbonyl (C=O) groups is 1. The lowest BCUT2D eigenvalue weighted by Crippen LogP contribution is -2.20. The quantitative estimate of drug-likeness (QED) is 0.609. The minimum Gasteiger partial charge on any atom is -0.479 e. The van der Waals surface area contributed by atoms with Crippen LogP contribution in [-0.4, -0.2) is 23.3 Å². The van der Waals surface area contributed by atoms with Gasteiger partial charge in [-0.25, -0.2) is 4.79 Å². The summed E-state index contributed by atoms with van der Waals surface area (Å²) in [5.41, 5.74) is 0. The number of hydrogen-bond donors (Lipinski definition) is 1. The zero-order chi connectivity index (χ0) is 6.85. The summed E-state index contributed by atoms with van der Waals surface area (Å²) in [6, 6.07) is 0. The van der Waals surface area contributed by atoms with Gasteiger partial charge >= 0.3 is 5.97 Å². The van der Waals surface area contributed by atoms with E-state index in [1.54, 1.807) is 6.92 Å². The van der Waals surface area contributed by atoms with Crippen LogP contribution in [0.2, 0.25) is 0 Å². The van der Waals surface area contributed by atoms with Crippen molar-refractivity contribution in [2.45, 2.75) is 32.0 Å². The van der Waals surface area contributed by atoms with Crippen molar-refractivity contribution in [3.63, 3.8) is 0 Å². The summed E-state index contributed by atoms with van der Waals surface area (Å²) >= 11 is 0. The third kappa shape index (κ3) is 2.01. The summed E-state index contributed by atoms with van der Waals surface area (Å²) in [5, 5.41) is 8.33. The Morgan fingerprint density at radius 3 is 2.67 bits per heavy atom. The molecule has 0 amide bonds. The third-order valence-corrected chi connectivity index (χ3v) is 1.27. The van der Waals surface area contributed by atoms with Gasteiger partial charge in [0.25, 0.3) is 0 Å². The second-order valence-electron chi connectivity index (χ2n) is 2.32. The maximum absolute atomic E-state index is 10.1. The van der Waals surface area contributed by atoms with Crippen molar-refractivity contribution >= 4 is 5.97 Å². The van der Waals surface area contributed by atoms with E-state index in [1.807, 2.05) is 0 Å². The zero-order valence-corrected chi connectivity index (χ0v) is 5.33. The minimum absolute atomic E-state index is 0.232. The SMILES string of the molecule is C[C@@H](OC1CC1)C(=O)O. The van der Waals surface area contributed by atoms with Gasteiger partial charge in [0.15, 0.2) is 6.10 Å². The number of carboxylic acids is 1. The minimum atomic E-state index is -0.873. The molecule has 0 heterocycles. The molecule has 1 aliphatic rings. The molecule has 1 saturated carbocycles. The number of carboxylic acid groups (broad SMARTS) is 1. The molecule has 0 unspecified atom stereocenters. The Morgan fingerprint density at radius 2 is 2.33 bits per heavy atom. The van der Waals surface area contributed by atoms with Gasteiger partial charge < -0.3 is 9.84 Å². The van der Waals surface area contributed by atoms with Crippen molar-refractivity contribution in [3.05, 3.63) is 0 Å². The van der Waals surface area contributed by atoms with Gasteiger partial charge in [0.1, 0.15) is 0 Å². The second kappa shape index (κ2) is 2.35. The molecule has 3 nitrogen and oxygen atoms in total.